The molecule has 2 nitrogen and oxygen atoms in total. The molecule has 0 radical (unpaired) electrons. The minimum atomic E-state index is -0.341. The van der Waals surface area contributed by atoms with Crippen LogP contribution < -0.4 is 0 Å². The first-order valence-electron chi connectivity index (χ1n) is 4.30. The summed E-state index contributed by atoms with van der Waals surface area (Å²) >= 11 is 0. The van der Waals surface area contributed by atoms with Crippen LogP contribution in [0.4, 0.5) is 0 Å². The zero-order chi connectivity index (χ0) is 10.4. The van der Waals surface area contributed by atoms with E-state index < -0.39 is 0 Å². The Balaban J connectivity index is 2.84. The van der Waals surface area contributed by atoms with Gasteiger partial charge in [0.05, 0.1) is 0 Å². The molecule has 0 heterocycles. The molecular weight excluding hydrogens is 176 g/mol. The third-order valence-corrected chi connectivity index (χ3v) is 1.57. The van der Waals surface area contributed by atoms with E-state index in [1.807, 2.05) is 30.3 Å². The molecule has 2 heteroatoms. The molecule has 0 atom stereocenters. The second-order valence-corrected chi connectivity index (χ2v) is 2.76. The van der Waals surface area contributed by atoms with Crippen LogP contribution in [0.25, 0.3) is 6.08 Å². The molecule has 0 fully saturated rings. The van der Waals surface area contributed by atoms with Gasteiger partial charge in [-0.25, -0.2) is 0 Å². The highest BCUT2D eigenvalue weighted by molar-refractivity contribution is 5.69. The molecule has 72 valence electrons. The average Bonchev–Trinajstić information content (AvgIpc) is 2.17. The molecule has 0 saturated carbocycles. The molecule has 0 aliphatic carbocycles. The molecule has 0 aromatic heterocycles. The zero-order valence-electron chi connectivity index (χ0n) is 8.07. The second-order valence-electron chi connectivity index (χ2n) is 2.76. The summed E-state index contributed by atoms with van der Waals surface area (Å²) in [7, 11) is 0. The van der Waals surface area contributed by atoms with Crippen molar-refractivity contribution in [3.63, 3.8) is 0 Å². The lowest BCUT2D eigenvalue weighted by Crippen LogP contribution is -1.96. The van der Waals surface area contributed by atoms with Crippen molar-refractivity contribution >= 4 is 12.0 Å². The van der Waals surface area contributed by atoms with Gasteiger partial charge in [-0.05, 0) is 17.7 Å². The smallest absolute Gasteiger partial charge is 0.308 e. The molecule has 0 unspecified atom stereocenters. The fourth-order valence-corrected chi connectivity index (χ4v) is 1.01. The highest BCUT2D eigenvalue weighted by Gasteiger charge is 1.97. The number of esters is 1. The molecule has 14 heavy (non-hydrogen) atoms. The van der Waals surface area contributed by atoms with E-state index in [4.69, 9.17) is 4.74 Å². The Morgan fingerprint density at radius 1 is 1.36 bits per heavy atom. The van der Waals surface area contributed by atoms with E-state index in [1.54, 1.807) is 6.08 Å². The van der Waals surface area contributed by atoms with Gasteiger partial charge in [-0.2, -0.15) is 0 Å². The highest BCUT2D eigenvalue weighted by Crippen LogP contribution is 2.08. The fraction of sp³-hybridized carbons (Fsp3) is 0.0833. The summed E-state index contributed by atoms with van der Waals surface area (Å²) in [6, 6.07) is 9.61. The molecule has 0 aliphatic rings. The zero-order valence-corrected chi connectivity index (χ0v) is 8.07. The van der Waals surface area contributed by atoms with Gasteiger partial charge < -0.3 is 4.74 Å². The summed E-state index contributed by atoms with van der Waals surface area (Å²) < 4.78 is 4.91. The largest absolute Gasteiger partial charge is 0.427 e. The Kier molecular flexibility index (Phi) is 3.68. The maximum Gasteiger partial charge on any atom is 0.308 e. The first-order valence-corrected chi connectivity index (χ1v) is 4.30. The van der Waals surface area contributed by atoms with Crippen molar-refractivity contribution < 1.29 is 9.53 Å². The van der Waals surface area contributed by atoms with Gasteiger partial charge in [0.1, 0.15) is 5.76 Å². The van der Waals surface area contributed by atoms with Gasteiger partial charge >= 0.3 is 5.97 Å². The van der Waals surface area contributed by atoms with Crippen LogP contribution in [0, 0.1) is 0 Å². The van der Waals surface area contributed by atoms with Gasteiger partial charge in [-0.1, -0.05) is 36.9 Å². The lowest BCUT2D eigenvalue weighted by Gasteiger charge is -2.01. The summed E-state index contributed by atoms with van der Waals surface area (Å²) in [6.45, 7) is 4.93. The minimum absolute atomic E-state index is 0.341. The van der Waals surface area contributed by atoms with Crippen LogP contribution >= 0.6 is 0 Å². The van der Waals surface area contributed by atoms with E-state index in [1.165, 1.54) is 13.0 Å². The number of hydrogen-bond acceptors (Lipinski definition) is 2. The first-order chi connectivity index (χ1) is 6.72. The Bertz CT molecular complexity index is 350. The molecule has 1 rings (SSSR count). The van der Waals surface area contributed by atoms with E-state index in [2.05, 4.69) is 6.58 Å². The van der Waals surface area contributed by atoms with Gasteiger partial charge in [0, 0.05) is 6.92 Å². The van der Waals surface area contributed by atoms with E-state index >= 15 is 0 Å². The van der Waals surface area contributed by atoms with E-state index in [-0.39, 0.29) is 5.97 Å². The van der Waals surface area contributed by atoms with Crippen molar-refractivity contribution in [1.29, 1.82) is 0 Å². The van der Waals surface area contributed by atoms with Crippen LogP contribution in [-0.4, -0.2) is 5.97 Å². The van der Waals surface area contributed by atoms with Crippen LogP contribution in [0.3, 0.4) is 0 Å². The normalized spacial score (nSPS) is 10.8. The van der Waals surface area contributed by atoms with Crippen molar-refractivity contribution in [2.45, 2.75) is 6.92 Å². The second kappa shape index (κ2) is 5.02. The molecule has 1 aromatic carbocycles. The third kappa shape index (κ3) is 3.27. The van der Waals surface area contributed by atoms with Crippen LogP contribution in [0.5, 0.6) is 0 Å². The number of allylic oxidation sites excluding steroid dienone is 1. The van der Waals surface area contributed by atoms with Crippen LogP contribution in [0.1, 0.15) is 12.5 Å². The standard InChI is InChI=1S/C12H12O2/c1-3-12(14-10(2)13)9-11-7-5-4-6-8-11/h3-9H,1H2,2H3/b12-9-. The number of benzene rings is 1. The van der Waals surface area contributed by atoms with Crippen molar-refractivity contribution in [1.82, 2.24) is 0 Å². The number of rotatable bonds is 3. The fourth-order valence-electron chi connectivity index (χ4n) is 1.01. The Labute approximate surface area is 83.5 Å². The molecule has 0 amide bonds. The average molecular weight is 188 g/mol. The molecule has 1 aromatic rings. The van der Waals surface area contributed by atoms with Crippen molar-refractivity contribution in [3.8, 4) is 0 Å². The predicted molar refractivity (Wildman–Crippen MR) is 56.4 cm³/mol. The number of hydrogen-bond donors (Lipinski definition) is 0. The van der Waals surface area contributed by atoms with Gasteiger partial charge in [-0.15, -0.1) is 0 Å². The number of carbonyl (C=O) groups excluding carboxylic acids is 1. The van der Waals surface area contributed by atoms with Crippen LogP contribution in [-0.2, 0) is 9.53 Å². The summed E-state index contributed by atoms with van der Waals surface area (Å²) in [5, 5.41) is 0. The lowest BCUT2D eigenvalue weighted by molar-refractivity contribution is -0.136. The van der Waals surface area contributed by atoms with Gasteiger partial charge in [0.15, 0.2) is 0 Å². The summed E-state index contributed by atoms with van der Waals surface area (Å²) in [6.07, 6.45) is 3.27. The Morgan fingerprint density at radius 3 is 2.50 bits per heavy atom. The molecule has 0 saturated heterocycles. The van der Waals surface area contributed by atoms with Crippen molar-refractivity contribution in [2.75, 3.05) is 0 Å². The maximum absolute atomic E-state index is 10.7. The minimum Gasteiger partial charge on any atom is -0.427 e. The quantitative estimate of drug-likeness (QED) is 0.414. The molecular formula is C12H12O2. The lowest BCUT2D eigenvalue weighted by atomic mass is 10.2. The Morgan fingerprint density at radius 2 is 2.00 bits per heavy atom. The maximum atomic E-state index is 10.7. The third-order valence-electron chi connectivity index (χ3n) is 1.57. The number of carbonyl (C=O) groups is 1. The predicted octanol–water partition coefficient (Wildman–Crippen LogP) is 2.78. The van der Waals surface area contributed by atoms with E-state index in [9.17, 15) is 4.79 Å². The molecule has 0 spiro atoms. The summed E-state index contributed by atoms with van der Waals surface area (Å²) in [5.41, 5.74) is 0.976. The van der Waals surface area contributed by atoms with Gasteiger partial charge in [-0.3, -0.25) is 4.79 Å². The summed E-state index contributed by atoms with van der Waals surface area (Å²) in [4.78, 5) is 10.7. The van der Waals surface area contributed by atoms with E-state index in [0.29, 0.717) is 5.76 Å². The molecule has 0 aliphatic heterocycles. The Hall–Kier alpha value is -1.83. The number of ether oxygens (including phenoxy) is 1. The van der Waals surface area contributed by atoms with Crippen LogP contribution in [0.2, 0.25) is 0 Å². The SMILES string of the molecule is C=C/C(=C/c1ccccc1)OC(C)=O. The van der Waals surface area contributed by atoms with Crippen molar-refractivity contribution in [2.24, 2.45) is 0 Å². The first kappa shape index (κ1) is 10.3. The van der Waals surface area contributed by atoms with Crippen molar-refractivity contribution in [3.05, 3.63) is 54.3 Å². The molecule has 0 bridgehead atoms. The van der Waals surface area contributed by atoms with Gasteiger partial charge in [0.2, 0.25) is 0 Å². The van der Waals surface area contributed by atoms with Gasteiger partial charge in [0.25, 0.3) is 0 Å². The highest BCUT2D eigenvalue weighted by atomic mass is 16.5. The summed E-state index contributed by atoms with van der Waals surface area (Å²) in [5.74, 6) is 0.121. The molecule has 0 N–H and O–H groups in total. The van der Waals surface area contributed by atoms with E-state index in [0.717, 1.165) is 5.56 Å². The monoisotopic (exact) mass is 188 g/mol. The van der Waals surface area contributed by atoms with Crippen LogP contribution in [0.15, 0.2) is 48.7 Å². The topological polar surface area (TPSA) is 26.3 Å².